The van der Waals surface area contributed by atoms with Gasteiger partial charge in [0.15, 0.2) is 5.69 Å². The lowest BCUT2D eigenvalue weighted by atomic mass is 10.2. The molecule has 0 aliphatic rings. The number of amides is 1. The van der Waals surface area contributed by atoms with Crippen LogP contribution < -0.4 is 4.90 Å². The van der Waals surface area contributed by atoms with E-state index in [1.165, 1.54) is 11.1 Å². The second-order valence-corrected chi connectivity index (χ2v) is 4.29. The minimum absolute atomic E-state index is 0.0930. The highest BCUT2D eigenvalue weighted by atomic mass is 32.1. The summed E-state index contributed by atoms with van der Waals surface area (Å²) in [5, 5.41) is 8.76. The fourth-order valence-corrected chi connectivity index (χ4v) is 1.97. The highest BCUT2D eigenvalue weighted by molar-refractivity contribution is 6.99. The van der Waals surface area contributed by atoms with Crippen molar-refractivity contribution in [2.45, 2.75) is 6.42 Å². The predicted molar refractivity (Wildman–Crippen MR) is 70.3 cm³/mol. The quantitative estimate of drug-likeness (QED) is 0.898. The summed E-state index contributed by atoms with van der Waals surface area (Å²) in [6.45, 7) is 0.0930. The molecule has 0 radical (unpaired) electrons. The lowest BCUT2D eigenvalue weighted by Gasteiger charge is -2.20. The second kappa shape index (κ2) is 6.05. The molecule has 0 bridgehead atoms. The minimum atomic E-state index is -0.954. The van der Waals surface area contributed by atoms with E-state index >= 15 is 0 Å². The first-order valence-corrected chi connectivity index (χ1v) is 6.28. The standard InChI is InChI=1S/C12H11N3O3S/c16-11(17)6-7-15(9-4-2-1-3-5-9)12(18)10-8-13-19-14-10/h1-5,8H,6-7H2,(H,16,17). The molecule has 6 nitrogen and oxygen atoms in total. The molecule has 1 amide bonds. The number of anilines is 1. The molecule has 0 unspecified atom stereocenters. The van der Waals surface area contributed by atoms with Crippen LogP contribution in [0.25, 0.3) is 0 Å². The Balaban J connectivity index is 2.24. The van der Waals surface area contributed by atoms with E-state index in [-0.39, 0.29) is 24.6 Å². The summed E-state index contributed by atoms with van der Waals surface area (Å²) < 4.78 is 7.66. The number of benzene rings is 1. The highest BCUT2D eigenvalue weighted by Crippen LogP contribution is 2.16. The normalized spacial score (nSPS) is 10.1. The van der Waals surface area contributed by atoms with E-state index in [4.69, 9.17) is 5.11 Å². The van der Waals surface area contributed by atoms with E-state index in [0.29, 0.717) is 5.69 Å². The number of carboxylic acid groups (broad SMARTS) is 1. The first-order valence-electron chi connectivity index (χ1n) is 5.55. The molecular formula is C12H11N3O3S. The van der Waals surface area contributed by atoms with Gasteiger partial charge in [-0.2, -0.15) is 8.75 Å². The summed E-state index contributed by atoms with van der Waals surface area (Å²) in [5.74, 6) is -1.30. The van der Waals surface area contributed by atoms with Gasteiger partial charge in [-0.05, 0) is 12.1 Å². The highest BCUT2D eigenvalue weighted by Gasteiger charge is 2.20. The molecule has 98 valence electrons. The molecule has 0 atom stereocenters. The number of carbonyl (C=O) groups is 2. The summed E-state index contributed by atoms with van der Waals surface area (Å²) in [6.07, 6.45) is 1.25. The Morgan fingerprint density at radius 2 is 2.00 bits per heavy atom. The number of hydrogen-bond donors (Lipinski definition) is 1. The van der Waals surface area contributed by atoms with E-state index in [1.807, 2.05) is 6.07 Å². The van der Waals surface area contributed by atoms with Gasteiger partial charge >= 0.3 is 5.97 Å². The van der Waals surface area contributed by atoms with Gasteiger partial charge in [0, 0.05) is 12.2 Å². The van der Waals surface area contributed by atoms with Crippen LogP contribution in [0.15, 0.2) is 36.5 Å². The summed E-state index contributed by atoms with van der Waals surface area (Å²) in [4.78, 5) is 24.3. The second-order valence-electron chi connectivity index (χ2n) is 3.73. The van der Waals surface area contributed by atoms with Gasteiger partial charge in [-0.1, -0.05) is 18.2 Å². The third-order valence-corrected chi connectivity index (χ3v) is 2.92. The van der Waals surface area contributed by atoms with Gasteiger partial charge in [0.05, 0.1) is 24.3 Å². The molecule has 0 aliphatic heterocycles. The zero-order valence-electron chi connectivity index (χ0n) is 9.89. The number of para-hydroxylation sites is 1. The Hall–Kier alpha value is -2.28. The van der Waals surface area contributed by atoms with Crippen molar-refractivity contribution in [2.75, 3.05) is 11.4 Å². The molecule has 1 heterocycles. The van der Waals surface area contributed by atoms with Crippen LogP contribution in [0.1, 0.15) is 16.9 Å². The maximum atomic E-state index is 12.3. The zero-order valence-corrected chi connectivity index (χ0v) is 10.7. The molecule has 0 saturated carbocycles. The van der Waals surface area contributed by atoms with E-state index in [9.17, 15) is 9.59 Å². The van der Waals surface area contributed by atoms with E-state index in [1.54, 1.807) is 24.3 Å². The third-order valence-electron chi connectivity index (χ3n) is 2.44. The van der Waals surface area contributed by atoms with Crippen LogP contribution in [0.3, 0.4) is 0 Å². The number of aromatic nitrogens is 2. The van der Waals surface area contributed by atoms with Crippen molar-refractivity contribution in [1.82, 2.24) is 8.75 Å². The van der Waals surface area contributed by atoms with Crippen LogP contribution in [-0.4, -0.2) is 32.3 Å². The SMILES string of the molecule is O=C(O)CCN(C(=O)c1cnsn1)c1ccccc1. The molecule has 1 aromatic carbocycles. The average Bonchev–Trinajstić information content (AvgIpc) is 2.93. The van der Waals surface area contributed by atoms with E-state index in [2.05, 4.69) is 8.75 Å². The Labute approximate surface area is 113 Å². The van der Waals surface area contributed by atoms with Crippen molar-refractivity contribution in [2.24, 2.45) is 0 Å². The van der Waals surface area contributed by atoms with Crippen LogP contribution in [0, 0.1) is 0 Å². The lowest BCUT2D eigenvalue weighted by molar-refractivity contribution is -0.136. The van der Waals surface area contributed by atoms with Gasteiger partial charge in [0.1, 0.15) is 0 Å². The van der Waals surface area contributed by atoms with E-state index < -0.39 is 5.97 Å². The Morgan fingerprint density at radius 1 is 1.26 bits per heavy atom. The molecule has 2 aromatic rings. The number of hydrogen-bond acceptors (Lipinski definition) is 5. The molecule has 0 aliphatic carbocycles. The molecule has 0 fully saturated rings. The number of carbonyl (C=O) groups excluding carboxylic acids is 1. The van der Waals surface area contributed by atoms with Crippen LogP contribution in [0.2, 0.25) is 0 Å². The summed E-state index contributed by atoms with van der Waals surface area (Å²) in [6, 6.07) is 8.90. The van der Waals surface area contributed by atoms with Gasteiger partial charge in [-0.3, -0.25) is 9.59 Å². The van der Waals surface area contributed by atoms with Gasteiger partial charge < -0.3 is 10.0 Å². The molecule has 1 N–H and O–H groups in total. The molecule has 0 saturated heterocycles. The van der Waals surface area contributed by atoms with Crippen LogP contribution in [0.5, 0.6) is 0 Å². The number of rotatable bonds is 5. The molecular weight excluding hydrogens is 266 g/mol. The van der Waals surface area contributed by atoms with Crippen molar-refractivity contribution in [3.8, 4) is 0 Å². The Morgan fingerprint density at radius 3 is 2.58 bits per heavy atom. The lowest BCUT2D eigenvalue weighted by Crippen LogP contribution is -2.33. The van der Waals surface area contributed by atoms with Crippen LogP contribution in [0.4, 0.5) is 5.69 Å². The van der Waals surface area contributed by atoms with Crippen LogP contribution >= 0.6 is 11.7 Å². The molecule has 2 rings (SSSR count). The third kappa shape index (κ3) is 3.35. The molecule has 19 heavy (non-hydrogen) atoms. The number of carboxylic acids is 1. The van der Waals surface area contributed by atoms with Crippen molar-refractivity contribution in [3.63, 3.8) is 0 Å². The average molecular weight is 277 g/mol. The monoisotopic (exact) mass is 277 g/mol. The maximum absolute atomic E-state index is 12.3. The van der Waals surface area contributed by atoms with Crippen molar-refractivity contribution in [1.29, 1.82) is 0 Å². The summed E-state index contributed by atoms with van der Waals surface area (Å²) in [7, 11) is 0. The zero-order chi connectivity index (χ0) is 13.7. The summed E-state index contributed by atoms with van der Waals surface area (Å²) >= 11 is 0.941. The first-order chi connectivity index (χ1) is 9.18. The fraction of sp³-hybridized carbons (Fsp3) is 0.167. The van der Waals surface area contributed by atoms with Crippen LogP contribution in [-0.2, 0) is 4.79 Å². The minimum Gasteiger partial charge on any atom is -0.481 e. The Bertz CT molecular complexity index is 557. The topological polar surface area (TPSA) is 83.4 Å². The number of nitrogens with zero attached hydrogens (tertiary/aromatic N) is 3. The van der Waals surface area contributed by atoms with E-state index in [0.717, 1.165) is 11.7 Å². The van der Waals surface area contributed by atoms with Gasteiger partial charge in [0.25, 0.3) is 5.91 Å². The Kier molecular flexibility index (Phi) is 4.19. The summed E-state index contributed by atoms with van der Waals surface area (Å²) in [5.41, 5.74) is 0.862. The van der Waals surface area contributed by atoms with Crippen molar-refractivity contribution >= 4 is 29.3 Å². The number of aliphatic carboxylic acids is 1. The largest absolute Gasteiger partial charge is 0.481 e. The molecule has 0 spiro atoms. The fourth-order valence-electron chi connectivity index (χ4n) is 1.56. The maximum Gasteiger partial charge on any atom is 0.305 e. The molecule has 1 aromatic heterocycles. The van der Waals surface area contributed by atoms with Gasteiger partial charge in [0.2, 0.25) is 0 Å². The van der Waals surface area contributed by atoms with Gasteiger partial charge in [-0.15, -0.1) is 0 Å². The van der Waals surface area contributed by atoms with Crippen molar-refractivity contribution in [3.05, 3.63) is 42.2 Å². The van der Waals surface area contributed by atoms with Gasteiger partial charge in [-0.25, -0.2) is 0 Å². The predicted octanol–water partition coefficient (Wildman–Crippen LogP) is 1.66. The molecule has 7 heteroatoms. The smallest absolute Gasteiger partial charge is 0.305 e. The first kappa shape index (κ1) is 13.2. The van der Waals surface area contributed by atoms with Crippen molar-refractivity contribution < 1.29 is 14.7 Å².